The normalized spacial score (nSPS) is 13.3. The summed E-state index contributed by atoms with van der Waals surface area (Å²) < 4.78 is 100. The third-order valence-corrected chi connectivity index (χ3v) is 21.4. The van der Waals surface area contributed by atoms with Gasteiger partial charge in [0.25, 0.3) is 5.91 Å². The number of rotatable bonds is 16. The molecule has 6 aromatic heterocycles. The predicted octanol–water partition coefficient (Wildman–Crippen LogP) is 13.8. The van der Waals surface area contributed by atoms with Gasteiger partial charge >= 0.3 is 7.60 Å². The number of carbonyl (C=O) groups is 1. The van der Waals surface area contributed by atoms with Gasteiger partial charge in [0.1, 0.15) is 51.3 Å². The molecule has 0 saturated carbocycles. The van der Waals surface area contributed by atoms with Gasteiger partial charge in [-0.15, -0.1) is 22.0 Å². The summed E-state index contributed by atoms with van der Waals surface area (Å²) in [6.45, 7) is 13.4. The molecule has 0 spiro atoms. The van der Waals surface area contributed by atoms with Gasteiger partial charge in [-0.05, 0) is 180 Å². The van der Waals surface area contributed by atoms with E-state index in [1.165, 1.54) is 55.6 Å². The third kappa shape index (κ3) is 16.6. The highest BCUT2D eigenvalue weighted by molar-refractivity contribution is 7.99. The Morgan fingerprint density at radius 3 is 1.70 bits per heavy atom. The molecule has 16 rings (SSSR count). The second kappa shape index (κ2) is 32.3. The Morgan fingerprint density at radius 1 is 0.633 bits per heavy atom. The van der Waals surface area contributed by atoms with Crippen molar-refractivity contribution in [2.75, 3.05) is 81.5 Å². The molecule has 562 valence electrons. The van der Waals surface area contributed by atoms with Crippen molar-refractivity contribution in [3.63, 3.8) is 0 Å². The number of hydrogen-bond donors (Lipinski definition) is 6. The number of aromatic hydroxyl groups is 1. The molecule has 8 N–H and O–H groups in total. The number of phenolic OH excluding ortho intramolecular Hbond substituents is 1. The molecule has 8 aromatic carbocycles. The molecule has 0 bridgehead atoms. The SMILES string of the molecule is CC(C)Sc1cc2cc(P(=O)(O)O)c(C(C)C)cc2n1-c1ccc(F)cc1.CN(c1ccccc1)c1cc2cc(-c3nn[nH]n3)ccc2n1-c1ccc(F)cc1.COc1cc2c(cc1C(N)=O)cc(N1CCOCC1)n2-c1cccnc1.NS(=O)(=O)c1cc2cc(N3CCOCC3)n(-c3ccc(F)cc3)c2cc1O. The number of nitrogens with two attached hydrogens (primary N) is 2. The molecule has 109 heavy (non-hydrogen) atoms. The number of primary amides is 1. The van der Waals surface area contributed by atoms with E-state index in [-0.39, 0.29) is 33.6 Å². The lowest BCUT2D eigenvalue weighted by atomic mass is 10.0. The molecule has 2 saturated heterocycles. The summed E-state index contributed by atoms with van der Waals surface area (Å²) >= 11 is 1.65. The van der Waals surface area contributed by atoms with Crippen LogP contribution >= 0.6 is 19.4 Å². The number of sulfonamides is 1. The van der Waals surface area contributed by atoms with Gasteiger partial charge < -0.3 is 54.1 Å². The molecule has 14 aromatic rings. The van der Waals surface area contributed by atoms with Crippen molar-refractivity contribution < 1.29 is 60.1 Å². The summed E-state index contributed by atoms with van der Waals surface area (Å²) in [5.41, 5.74) is 15.1. The van der Waals surface area contributed by atoms with Crippen LogP contribution in [-0.2, 0) is 24.1 Å². The van der Waals surface area contributed by atoms with E-state index in [9.17, 15) is 45.8 Å². The number of anilines is 4. The van der Waals surface area contributed by atoms with E-state index in [0.717, 1.165) is 96.6 Å². The number of ether oxygens (including phenoxy) is 3. The number of thioether (sulfide) groups is 1. The number of aromatic nitrogens is 9. The second-order valence-corrected chi connectivity index (χ2v) is 31.0. The first-order chi connectivity index (χ1) is 52.3. The Balaban J connectivity index is 0.000000128. The van der Waals surface area contributed by atoms with E-state index in [2.05, 4.69) is 87.6 Å². The molecule has 2 fully saturated rings. The Labute approximate surface area is 629 Å². The van der Waals surface area contributed by atoms with Crippen LogP contribution in [0.2, 0.25) is 0 Å². The van der Waals surface area contributed by atoms with Gasteiger partial charge in [-0.25, -0.2) is 26.7 Å². The summed E-state index contributed by atoms with van der Waals surface area (Å²) in [7, 11) is -4.90. The molecule has 0 radical (unpaired) electrons. The number of nitrogens with zero attached hydrogens (tertiary/aromatic N) is 11. The molecule has 1 amide bonds. The highest BCUT2D eigenvalue weighted by Crippen LogP contribution is 2.43. The molecule has 24 nitrogen and oxygen atoms in total. The van der Waals surface area contributed by atoms with E-state index >= 15 is 0 Å². The number of nitrogens with one attached hydrogen (secondary N) is 1. The maximum absolute atomic E-state index is 13.5. The number of phenols is 1. The van der Waals surface area contributed by atoms with Gasteiger partial charge in [0.15, 0.2) is 0 Å². The Hall–Kier alpha value is -11.3. The first-order valence-electron chi connectivity index (χ1n) is 34.7. The fourth-order valence-electron chi connectivity index (χ4n) is 13.3. The smallest absolute Gasteiger partial charge is 0.356 e. The number of amides is 1. The number of carbonyl (C=O) groups excluding carboxylic acids is 1. The maximum atomic E-state index is 13.5. The van der Waals surface area contributed by atoms with Crippen molar-refractivity contribution in [1.82, 2.24) is 43.9 Å². The number of fused-ring (bicyclic) bond motifs is 4. The van der Waals surface area contributed by atoms with Crippen molar-refractivity contribution in [3.8, 4) is 45.6 Å². The van der Waals surface area contributed by atoms with Crippen LogP contribution in [0.4, 0.5) is 36.3 Å². The number of benzene rings is 8. The summed E-state index contributed by atoms with van der Waals surface area (Å²) in [5, 5.41) is 34.3. The summed E-state index contributed by atoms with van der Waals surface area (Å²) in [6, 6.07) is 56.5. The number of aromatic amines is 1. The van der Waals surface area contributed by atoms with Crippen molar-refractivity contribution in [3.05, 3.63) is 235 Å². The van der Waals surface area contributed by atoms with E-state index < -0.39 is 29.3 Å². The van der Waals surface area contributed by atoms with E-state index in [4.69, 9.17) is 25.1 Å². The highest BCUT2D eigenvalue weighted by atomic mass is 32.2. The number of pyridine rings is 1. The van der Waals surface area contributed by atoms with Gasteiger partial charge in [0.05, 0.1) is 83.4 Å². The van der Waals surface area contributed by atoms with Crippen LogP contribution in [-0.4, -0.2) is 145 Å². The lowest BCUT2D eigenvalue weighted by Crippen LogP contribution is -2.37. The van der Waals surface area contributed by atoms with Crippen molar-refractivity contribution in [2.24, 2.45) is 10.9 Å². The monoisotopic (exact) mass is 1530 g/mol. The van der Waals surface area contributed by atoms with Crippen molar-refractivity contribution in [1.29, 1.82) is 0 Å². The summed E-state index contributed by atoms with van der Waals surface area (Å²) in [4.78, 5) is 41.8. The van der Waals surface area contributed by atoms with Crippen LogP contribution in [0.15, 0.2) is 216 Å². The number of halogens is 3. The molecule has 0 atom stereocenters. The molecule has 0 aliphatic carbocycles. The Bertz CT molecular complexity index is 5760. The number of para-hydroxylation sites is 1. The van der Waals surface area contributed by atoms with Gasteiger partial charge in [0, 0.05) is 107 Å². The largest absolute Gasteiger partial charge is 0.506 e. The number of primary sulfonamides is 1. The summed E-state index contributed by atoms with van der Waals surface area (Å²) in [6.07, 6.45) is 3.56. The number of methoxy groups -OCH3 is 1. The van der Waals surface area contributed by atoms with Gasteiger partial charge in [-0.2, -0.15) is 5.21 Å². The van der Waals surface area contributed by atoms with Crippen LogP contribution in [0, 0.1) is 17.5 Å². The van der Waals surface area contributed by atoms with Crippen LogP contribution < -0.4 is 35.6 Å². The molecule has 0 unspecified atom stereocenters. The number of tetrazole rings is 1. The van der Waals surface area contributed by atoms with Gasteiger partial charge in [-0.3, -0.25) is 28.0 Å². The lowest BCUT2D eigenvalue weighted by molar-refractivity contribution is 0.0997. The van der Waals surface area contributed by atoms with Crippen LogP contribution in [0.25, 0.3) is 77.7 Å². The second-order valence-electron chi connectivity index (χ2n) is 26.3. The maximum Gasteiger partial charge on any atom is 0.356 e. The quantitative estimate of drug-likeness (QED) is 0.0387. The molecular formula is C79H78F3N14O10PS2. The van der Waals surface area contributed by atoms with E-state index in [0.29, 0.717) is 84.1 Å². The summed E-state index contributed by atoms with van der Waals surface area (Å²) in [5.74, 6) is 1.88. The molecule has 8 heterocycles. The van der Waals surface area contributed by atoms with Gasteiger partial charge in [-0.1, -0.05) is 45.9 Å². The minimum absolute atomic E-state index is 0.0465. The number of H-pyrrole nitrogens is 1. The molecule has 2 aliphatic rings. The fraction of sp³-hybridized carbons (Fsp3) is 0.203. The Morgan fingerprint density at radius 2 is 1.17 bits per heavy atom. The molecular weight excluding hydrogens is 1460 g/mol. The zero-order valence-corrected chi connectivity index (χ0v) is 62.6. The van der Waals surface area contributed by atoms with Crippen LogP contribution in [0.1, 0.15) is 49.5 Å². The Kier molecular flexibility index (Phi) is 22.5. The zero-order valence-electron chi connectivity index (χ0n) is 60.1. The van der Waals surface area contributed by atoms with Crippen LogP contribution in [0.3, 0.4) is 0 Å². The minimum atomic E-state index is -4.39. The van der Waals surface area contributed by atoms with Gasteiger partial charge in [0.2, 0.25) is 15.8 Å². The van der Waals surface area contributed by atoms with E-state index in [1.807, 2.05) is 109 Å². The standard InChI is InChI=1S/C22H17FN6.C20H23FNO3PS.C19H20N4O3.C18H18FN3O4S/c1-28(18-5-3-2-4-6-18)21-14-16-13-15(22-24-26-27-25-22)7-12-20(16)29(21)19-10-8-17(23)9-11-19;1-12(2)17-11-18-14(9-19(17)26(23,24)25)10-20(27-13(3)4)22(18)16-7-5-15(21)6-8-16;1-25-17-11-16-13(9-15(17)19(20)24)10-18(22-5-7-26-8-6-22)23(16)14-3-2-4-21-12-14;19-13-1-3-14(4-2-13)22-15-11-16(23)17(27(20,24)25)9-12(15)10-18(22)21-5-7-26-8-6-21/h2-14H,1H3,(H,24,25,26,27);5-13H,1-4H3,(H2,23,24,25);2-4,9-12H,5-8H2,1H3,(H2,20,24);1-4,9-11,23H,5-8H2,(H2,20,24,25). The minimum Gasteiger partial charge on any atom is -0.506 e. The molecule has 2 aliphatic heterocycles. The van der Waals surface area contributed by atoms with E-state index in [1.54, 1.807) is 66.5 Å². The zero-order chi connectivity index (χ0) is 77.0. The predicted molar refractivity (Wildman–Crippen MR) is 419 cm³/mol. The highest BCUT2D eigenvalue weighted by Gasteiger charge is 2.28. The first-order valence-corrected chi connectivity index (χ1v) is 38.7. The first kappa shape index (κ1) is 75.9. The van der Waals surface area contributed by atoms with Crippen molar-refractivity contribution >= 4 is 107 Å². The average Bonchev–Trinajstić information content (AvgIpc) is 1.63. The molecule has 30 heteroatoms. The lowest BCUT2D eigenvalue weighted by Gasteiger charge is -2.29. The number of morpholine rings is 2. The third-order valence-electron chi connectivity index (χ3n) is 18.4. The van der Waals surface area contributed by atoms with Crippen molar-refractivity contribution in [2.45, 2.75) is 48.8 Å². The number of hydrogen-bond acceptors (Lipinski definition) is 16. The fourth-order valence-corrected chi connectivity index (χ4v) is 15.9. The average molecular weight is 1540 g/mol. The topological polar surface area (TPSA) is 305 Å². The van der Waals surface area contributed by atoms with Crippen LogP contribution in [0.5, 0.6) is 11.5 Å².